The molecule has 1 fully saturated rings. The molecule has 0 aliphatic carbocycles. The molecular formula is C13H18Cl2N2O3S. The zero-order chi connectivity index (χ0) is 15.6. The van der Waals surface area contributed by atoms with Crippen LogP contribution < -0.4 is 5.73 Å². The molecule has 2 N–H and O–H groups in total. The van der Waals surface area contributed by atoms with E-state index in [9.17, 15) is 8.42 Å². The summed E-state index contributed by atoms with van der Waals surface area (Å²) < 4.78 is 32.1. The molecule has 0 radical (unpaired) electrons. The third kappa shape index (κ3) is 3.52. The highest BCUT2D eigenvalue weighted by Gasteiger charge is 2.31. The van der Waals surface area contributed by atoms with Crippen LogP contribution in [0.5, 0.6) is 0 Å². The Morgan fingerprint density at radius 1 is 1.33 bits per heavy atom. The summed E-state index contributed by atoms with van der Waals surface area (Å²) in [5, 5.41) is 0.459. The van der Waals surface area contributed by atoms with Crippen LogP contribution in [-0.4, -0.2) is 39.0 Å². The highest BCUT2D eigenvalue weighted by molar-refractivity contribution is 7.89. The summed E-state index contributed by atoms with van der Waals surface area (Å²) in [7, 11) is -2.04. The minimum atomic E-state index is -3.67. The third-order valence-electron chi connectivity index (χ3n) is 3.65. The molecule has 0 unspecified atom stereocenters. The van der Waals surface area contributed by atoms with E-state index in [0.717, 1.165) is 0 Å². The van der Waals surface area contributed by atoms with Crippen molar-refractivity contribution in [1.29, 1.82) is 0 Å². The van der Waals surface area contributed by atoms with Crippen LogP contribution in [0.2, 0.25) is 10.0 Å². The van der Waals surface area contributed by atoms with Gasteiger partial charge in [-0.15, -0.1) is 0 Å². The van der Waals surface area contributed by atoms with Crippen LogP contribution in [0.1, 0.15) is 18.4 Å². The van der Waals surface area contributed by atoms with Gasteiger partial charge in [0.15, 0.2) is 0 Å². The molecule has 118 valence electrons. The Morgan fingerprint density at radius 2 is 1.95 bits per heavy atom. The predicted octanol–water partition coefficient (Wildman–Crippen LogP) is 2.25. The number of piperidine rings is 1. The van der Waals surface area contributed by atoms with Crippen LogP contribution in [0.4, 0.5) is 0 Å². The van der Waals surface area contributed by atoms with Gasteiger partial charge in [-0.3, -0.25) is 0 Å². The Hall–Kier alpha value is -0.370. The van der Waals surface area contributed by atoms with Crippen molar-refractivity contribution in [3.05, 3.63) is 27.7 Å². The van der Waals surface area contributed by atoms with Crippen LogP contribution in [-0.2, 0) is 21.3 Å². The van der Waals surface area contributed by atoms with Crippen LogP contribution in [0.3, 0.4) is 0 Å². The average molecular weight is 353 g/mol. The second-order valence-corrected chi connectivity index (χ2v) is 7.64. The zero-order valence-electron chi connectivity index (χ0n) is 11.7. The van der Waals surface area contributed by atoms with Crippen LogP contribution in [0.15, 0.2) is 17.0 Å². The molecule has 1 saturated heterocycles. The SMILES string of the molecule is COC1CCN(S(=O)(=O)c2cc(Cl)cc(CN)c2Cl)CC1. The van der Waals surface area contributed by atoms with Crippen molar-refractivity contribution >= 4 is 33.2 Å². The Bertz CT molecular complexity index is 614. The molecular weight excluding hydrogens is 335 g/mol. The molecule has 1 heterocycles. The number of halogens is 2. The summed E-state index contributed by atoms with van der Waals surface area (Å²) in [6.45, 7) is 0.941. The highest BCUT2D eigenvalue weighted by atomic mass is 35.5. The van der Waals surface area contributed by atoms with E-state index < -0.39 is 10.0 Å². The fourth-order valence-corrected chi connectivity index (χ4v) is 4.79. The number of ether oxygens (including phenoxy) is 1. The minimum absolute atomic E-state index is 0.0213. The molecule has 0 spiro atoms. The topological polar surface area (TPSA) is 72.6 Å². The fraction of sp³-hybridized carbons (Fsp3) is 0.538. The fourth-order valence-electron chi connectivity index (χ4n) is 2.40. The summed E-state index contributed by atoms with van der Waals surface area (Å²) in [5.74, 6) is 0. The first-order chi connectivity index (χ1) is 9.90. The maximum Gasteiger partial charge on any atom is 0.244 e. The molecule has 8 heteroatoms. The van der Waals surface area contributed by atoms with Crippen LogP contribution >= 0.6 is 23.2 Å². The van der Waals surface area contributed by atoms with Gasteiger partial charge in [-0.2, -0.15) is 4.31 Å². The number of hydrogen-bond acceptors (Lipinski definition) is 4. The summed E-state index contributed by atoms with van der Waals surface area (Å²) >= 11 is 12.1. The summed E-state index contributed by atoms with van der Waals surface area (Å²) in [6, 6.07) is 2.96. The van der Waals surface area contributed by atoms with Crippen molar-refractivity contribution in [2.45, 2.75) is 30.4 Å². The van der Waals surface area contributed by atoms with Crippen molar-refractivity contribution in [2.75, 3.05) is 20.2 Å². The van der Waals surface area contributed by atoms with Gasteiger partial charge in [-0.25, -0.2) is 8.42 Å². The Kier molecular flexibility index (Phi) is 5.51. The summed E-state index contributed by atoms with van der Waals surface area (Å²) in [4.78, 5) is 0.0213. The first kappa shape index (κ1) is 17.0. The lowest BCUT2D eigenvalue weighted by molar-refractivity contribution is 0.0604. The van der Waals surface area contributed by atoms with E-state index >= 15 is 0 Å². The maximum atomic E-state index is 12.7. The van der Waals surface area contributed by atoms with E-state index in [1.54, 1.807) is 13.2 Å². The Balaban J connectivity index is 2.34. The van der Waals surface area contributed by atoms with Gasteiger partial charge in [0.25, 0.3) is 0 Å². The van der Waals surface area contributed by atoms with E-state index in [1.807, 2.05) is 0 Å². The summed E-state index contributed by atoms with van der Waals surface area (Å²) in [6.07, 6.45) is 1.43. The standard InChI is InChI=1S/C13H18Cl2N2O3S/c1-20-11-2-4-17(5-3-11)21(18,19)12-7-10(14)6-9(8-16)13(12)15/h6-7,11H,2-5,8,16H2,1H3. The number of nitrogens with zero attached hydrogens (tertiary/aromatic N) is 1. The van der Waals surface area contributed by atoms with Crippen molar-refractivity contribution in [1.82, 2.24) is 4.31 Å². The van der Waals surface area contributed by atoms with Gasteiger partial charge in [0, 0.05) is 31.8 Å². The second kappa shape index (κ2) is 6.81. The molecule has 1 aromatic rings. The lowest BCUT2D eigenvalue weighted by Crippen LogP contribution is -2.40. The largest absolute Gasteiger partial charge is 0.381 e. The minimum Gasteiger partial charge on any atom is -0.381 e. The van der Waals surface area contributed by atoms with E-state index in [0.29, 0.717) is 36.5 Å². The van der Waals surface area contributed by atoms with Gasteiger partial charge < -0.3 is 10.5 Å². The van der Waals surface area contributed by atoms with Gasteiger partial charge in [0.1, 0.15) is 4.90 Å². The van der Waals surface area contributed by atoms with Gasteiger partial charge in [-0.05, 0) is 30.5 Å². The first-order valence-corrected chi connectivity index (χ1v) is 8.80. The average Bonchev–Trinajstić information content (AvgIpc) is 2.49. The van der Waals surface area contributed by atoms with E-state index in [2.05, 4.69) is 0 Å². The van der Waals surface area contributed by atoms with Gasteiger partial charge in [0.05, 0.1) is 11.1 Å². The normalized spacial score (nSPS) is 18.1. The monoisotopic (exact) mass is 352 g/mol. The highest BCUT2D eigenvalue weighted by Crippen LogP contribution is 2.32. The number of methoxy groups -OCH3 is 1. The molecule has 0 atom stereocenters. The molecule has 2 rings (SSSR count). The van der Waals surface area contributed by atoms with Gasteiger partial charge >= 0.3 is 0 Å². The second-order valence-electron chi connectivity index (χ2n) is 4.92. The van der Waals surface area contributed by atoms with E-state index in [1.165, 1.54) is 10.4 Å². The smallest absolute Gasteiger partial charge is 0.244 e. The molecule has 5 nitrogen and oxygen atoms in total. The molecule has 0 aromatic heterocycles. The van der Waals surface area contributed by atoms with Crippen LogP contribution in [0.25, 0.3) is 0 Å². The number of rotatable bonds is 4. The van der Waals surface area contributed by atoms with E-state index in [-0.39, 0.29) is 22.6 Å². The van der Waals surface area contributed by atoms with E-state index in [4.69, 9.17) is 33.7 Å². The molecule has 21 heavy (non-hydrogen) atoms. The molecule has 1 aliphatic heterocycles. The van der Waals surface area contributed by atoms with Gasteiger partial charge in [-0.1, -0.05) is 23.2 Å². The molecule has 1 aliphatic rings. The Labute approximate surface area is 135 Å². The number of hydrogen-bond donors (Lipinski definition) is 1. The van der Waals surface area contributed by atoms with Gasteiger partial charge in [0.2, 0.25) is 10.0 Å². The lowest BCUT2D eigenvalue weighted by Gasteiger charge is -2.30. The molecule has 0 saturated carbocycles. The first-order valence-electron chi connectivity index (χ1n) is 6.61. The number of sulfonamides is 1. The molecule has 0 amide bonds. The number of benzene rings is 1. The van der Waals surface area contributed by atoms with Crippen molar-refractivity contribution in [3.8, 4) is 0 Å². The number of nitrogens with two attached hydrogens (primary N) is 1. The lowest BCUT2D eigenvalue weighted by atomic mass is 10.1. The van der Waals surface area contributed by atoms with Crippen molar-refractivity contribution < 1.29 is 13.2 Å². The molecule has 1 aromatic carbocycles. The zero-order valence-corrected chi connectivity index (χ0v) is 14.0. The summed E-state index contributed by atoms with van der Waals surface area (Å²) in [5.41, 5.74) is 6.10. The third-order valence-corrected chi connectivity index (χ3v) is 6.35. The van der Waals surface area contributed by atoms with Crippen molar-refractivity contribution in [2.24, 2.45) is 5.73 Å². The van der Waals surface area contributed by atoms with Crippen LogP contribution in [0, 0.1) is 0 Å². The maximum absolute atomic E-state index is 12.7. The quantitative estimate of drug-likeness (QED) is 0.901. The predicted molar refractivity (Wildman–Crippen MR) is 83.1 cm³/mol. The molecule has 0 bridgehead atoms. The van der Waals surface area contributed by atoms with Crippen molar-refractivity contribution in [3.63, 3.8) is 0 Å². The Morgan fingerprint density at radius 3 is 2.48 bits per heavy atom.